The minimum absolute atomic E-state index is 0.167. The molecule has 0 aliphatic rings. The average molecular weight is 273 g/mol. The highest BCUT2D eigenvalue weighted by molar-refractivity contribution is 6.04. The molecule has 2 aromatic rings. The number of nitrogens with one attached hydrogen (secondary N) is 1. The number of halogens is 2. The highest BCUT2D eigenvalue weighted by Gasteiger charge is 2.02. The van der Waals surface area contributed by atoms with Crippen LogP contribution < -0.4 is 5.32 Å². The lowest BCUT2D eigenvalue weighted by molar-refractivity contribution is 0.104. The molecule has 102 valence electrons. The molecule has 0 aliphatic carbocycles. The lowest BCUT2D eigenvalue weighted by Crippen LogP contribution is -1.96. The van der Waals surface area contributed by atoms with Crippen molar-refractivity contribution in [1.29, 1.82) is 0 Å². The van der Waals surface area contributed by atoms with E-state index in [2.05, 4.69) is 5.32 Å². The zero-order valence-corrected chi connectivity index (χ0v) is 10.9. The van der Waals surface area contributed by atoms with E-state index in [1.165, 1.54) is 18.3 Å². The van der Waals surface area contributed by atoms with Crippen LogP contribution >= 0.6 is 0 Å². The fraction of sp³-hybridized carbons (Fsp3) is 0.0625. The van der Waals surface area contributed by atoms with Gasteiger partial charge >= 0.3 is 0 Å². The van der Waals surface area contributed by atoms with E-state index in [4.69, 9.17) is 0 Å². The van der Waals surface area contributed by atoms with E-state index >= 15 is 0 Å². The van der Waals surface area contributed by atoms with E-state index < -0.39 is 11.6 Å². The Hall–Kier alpha value is -2.49. The SMILES string of the molecule is Cc1ccc(C(=O)/C=C/Nc2ccc(F)c(F)c2)cc1. The maximum Gasteiger partial charge on any atom is 0.187 e. The fourth-order valence-corrected chi connectivity index (χ4v) is 1.61. The van der Waals surface area contributed by atoms with Gasteiger partial charge in [0.05, 0.1) is 0 Å². The Labute approximate surface area is 115 Å². The molecule has 4 heteroatoms. The van der Waals surface area contributed by atoms with Crippen molar-refractivity contribution in [3.05, 3.63) is 77.5 Å². The van der Waals surface area contributed by atoms with Crippen LogP contribution in [-0.4, -0.2) is 5.78 Å². The maximum absolute atomic E-state index is 13.0. The van der Waals surface area contributed by atoms with Gasteiger partial charge in [-0.3, -0.25) is 4.79 Å². The average Bonchev–Trinajstić information content (AvgIpc) is 2.43. The Balaban J connectivity index is 2.00. The third-order valence-corrected chi connectivity index (χ3v) is 2.74. The van der Waals surface area contributed by atoms with Crippen molar-refractivity contribution in [2.24, 2.45) is 0 Å². The van der Waals surface area contributed by atoms with Crippen LogP contribution in [-0.2, 0) is 0 Å². The Morgan fingerprint density at radius 1 is 1.05 bits per heavy atom. The first-order valence-electron chi connectivity index (χ1n) is 6.05. The molecule has 2 aromatic carbocycles. The van der Waals surface area contributed by atoms with Crippen LogP contribution in [0.15, 0.2) is 54.7 Å². The third kappa shape index (κ3) is 3.51. The summed E-state index contributed by atoms with van der Waals surface area (Å²) in [5, 5.41) is 2.72. The Kier molecular flexibility index (Phi) is 4.25. The minimum Gasteiger partial charge on any atom is -0.361 e. The molecule has 0 fully saturated rings. The molecule has 0 spiro atoms. The van der Waals surface area contributed by atoms with Crippen molar-refractivity contribution in [3.8, 4) is 0 Å². The van der Waals surface area contributed by atoms with E-state index in [-0.39, 0.29) is 5.78 Å². The first-order chi connectivity index (χ1) is 9.56. The van der Waals surface area contributed by atoms with Gasteiger partial charge in [-0.25, -0.2) is 8.78 Å². The monoisotopic (exact) mass is 273 g/mol. The minimum atomic E-state index is -0.937. The summed E-state index contributed by atoms with van der Waals surface area (Å²) in [6.45, 7) is 1.94. The number of allylic oxidation sites excluding steroid dienone is 1. The standard InChI is InChI=1S/C16H13F2NO/c1-11-2-4-12(5-3-11)16(20)8-9-19-13-6-7-14(17)15(18)10-13/h2-10,19H,1H3/b9-8+. The highest BCUT2D eigenvalue weighted by atomic mass is 19.2. The summed E-state index contributed by atoms with van der Waals surface area (Å²) < 4.78 is 25.7. The fourth-order valence-electron chi connectivity index (χ4n) is 1.61. The van der Waals surface area contributed by atoms with Gasteiger partial charge in [-0.15, -0.1) is 0 Å². The predicted molar refractivity (Wildman–Crippen MR) is 74.6 cm³/mol. The largest absolute Gasteiger partial charge is 0.361 e. The van der Waals surface area contributed by atoms with Crippen molar-refractivity contribution >= 4 is 11.5 Å². The van der Waals surface area contributed by atoms with Crippen LogP contribution in [0.1, 0.15) is 15.9 Å². The molecule has 2 rings (SSSR count). The second kappa shape index (κ2) is 6.10. The van der Waals surface area contributed by atoms with Crippen LogP contribution in [0.5, 0.6) is 0 Å². The van der Waals surface area contributed by atoms with Crippen LogP contribution in [0, 0.1) is 18.6 Å². The van der Waals surface area contributed by atoms with Crippen molar-refractivity contribution in [1.82, 2.24) is 0 Å². The maximum atomic E-state index is 13.0. The molecule has 0 heterocycles. The smallest absolute Gasteiger partial charge is 0.187 e. The number of carbonyl (C=O) groups is 1. The summed E-state index contributed by atoms with van der Waals surface area (Å²) in [5.74, 6) is -2.01. The van der Waals surface area contributed by atoms with E-state index in [1.54, 1.807) is 12.1 Å². The first kappa shape index (κ1) is 13.9. The van der Waals surface area contributed by atoms with Crippen molar-refractivity contribution in [2.75, 3.05) is 5.32 Å². The summed E-state index contributed by atoms with van der Waals surface area (Å²) >= 11 is 0. The van der Waals surface area contributed by atoms with Crippen molar-refractivity contribution in [2.45, 2.75) is 6.92 Å². The quantitative estimate of drug-likeness (QED) is 0.671. The van der Waals surface area contributed by atoms with E-state index in [0.717, 1.165) is 17.7 Å². The molecule has 0 atom stereocenters. The molecular weight excluding hydrogens is 260 g/mol. The number of rotatable bonds is 4. The van der Waals surface area contributed by atoms with Gasteiger partial charge in [-0.1, -0.05) is 29.8 Å². The first-order valence-corrected chi connectivity index (χ1v) is 6.05. The summed E-state index contributed by atoms with van der Waals surface area (Å²) in [4.78, 5) is 11.8. The molecule has 0 saturated heterocycles. The molecule has 0 amide bonds. The molecule has 0 saturated carbocycles. The van der Waals surface area contributed by atoms with Gasteiger partial charge in [0.15, 0.2) is 17.4 Å². The van der Waals surface area contributed by atoms with Gasteiger partial charge in [0.25, 0.3) is 0 Å². The molecular formula is C16H13F2NO. The molecule has 2 nitrogen and oxygen atoms in total. The summed E-state index contributed by atoms with van der Waals surface area (Å²) in [6, 6.07) is 10.6. The molecule has 0 radical (unpaired) electrons. The highest BCUT2D eigenvalue weighted by Crippen LogP contribution is 2.13. The molecule has 0 aliphatic heterocycles. The lowest BCUT2D eigenvalue weighted by atomic mass is 10.1. The van der Waals surface area contributed by atoms with Gasteiger partial charge in [0.2, 0.25) is 0 Å². The van der Waals surface area contributed by atoms with Gasteiger partial charge in [-0.05, 0) is 19.1 Å². The number of aryl methyl sites for hydroxylation is 1. The second-order valence-electron chi connectivity index (χ2n) is 4.34. The van der Waals surface area contributed by atoms with Crippen molar-refractivity contribution < 1.29 is 13.6 Å². The molecule has 0 aromatic heterocycles. The number of carbonyl (C=O) groups excluding carboxylic acids is 1. The topological polar surface area (TPSA) is 29.1 Å². The number of hydrogen-bond acceptors (Lipinski definition) is 2. The third-order valence-electron chi connectivity index (χ3n) is 2.74. The molecule has 0 unspecified atom stereocenters. The van der Waals surface area contributed by atoms with Crippen LogP contribution in [0.3, 0.4) is 0 Å². The second-order valence-corrected chi connectivity index (χ2v) is 4.34. The van der Waals surface area contributed by atoms with Gasteiger partial charge < -0.3 is 5.32 Å². The number of anilines is 1. The van der Waals surface area contributed by atoms with Gasteiger partial charge in [-0.2, -0.15) is 0 Å². The van der Waals surface area contributed by atoms with Gasteiger partial charge in [0.1, 0.15) is 0 Å². The van der Waals surface area contributed by atoms with Crippen LogP contribution in [0.2, 0.25) is 0 Å². The van der Waals surface area contributed by atoms with Gasteiger partial charge in [0, 0.05) is 29.6 Å². The van der Waals surface area contributed by atoms with Crippen LogP contribution in [0.4, 0.5) is 14.5 Å². The molecule has 1 N–H and O–H groups in total. The van der Waals surface area contributed by atoms with Crippen molar-refractivity contribution in [3.63, 3.8) is 0 Å². The van der Waals surface area contributed by atoms with E-state index in [9.17, 15) is 13.6 Å². The zero-order chi connectivity index (χ0) is 14.5. The van der Waals surface area contributed by atoms with Crippen LogP contribution in [0.25, 0.3) is 0 Å². The summed E-state index contributed by atoms with van der Waals surface area (Å²) in [6.07, 6.45) is 2.74. The Morgan fingerprint density at radius 3 is 2.40 bits per heavy atom. The lowest BCUT2D eigenvalue weighted by Gasteiger charge is -2.01. The Morgan fingerprint density at radius 2 is 1.75 bits per heavy atom. The molecule has 0 bridgehead atoms. The number of hydrogen-bond donors (Lipinski definition) is 1. The Bertz CT molecular complexity index is 648. The number of ketones is 1. The summed E-state index contributed by atoms with van der Waals surface area (Å²) in [7, 11) is 0. The normalized spacial score (nSPS) is 10.8. The molecule has 20 heavy (non-hydrogen) atoms. The van der Waals surface area contributed by atoms with E-state index in [0.29, 0.717) is 11.3 Å². The summed E-state index contributed by atoms with van der Waals surface area (Å²) in [5.41, 5.74) is 2.02. The van der Waals surface area contributed by atoms with E-state index in [1.807, 2.05) is 19.1 Å². The number of benzene rings is 2. The predicted octanol–water partition coefficient (Wildman–Crippen LogP) is 4.08. The zero-order valence-electron chi connectivity index (χ0n) is 10.9.